The Labute approximate surface area is 127 Å². The maximum Gasteiger partial charge on any atom is 0.350 e. The Balaban J connectivity index is 2.63. The molecule has 1 aromatic heterocycles. The molecule has 0 fully saturated rings. The molecule has 1 aromatic carbocycles. The van der Waals surface area contributed by atoms with E-state index in [1.807, 2.05) is 13.8 Å². The van der Waals surface area contributed by atoms with Crippen LogP contribution in [0.4, 0.5) is 10.1 Å². The van der Waals surface area contributed by atoms with Crippen molar-refractivity contribution in [2.75, 3.05) is 12.3 Å². The lowest BCUT2D eigenvalue weighted by molar-refractivity contribution is 0.0533. The number of esters is 1. The van der Waals surface area contributed by atoms with E-state index in [2.05, 4.69) is 0 Å². The zero-order valence-electron chi connectivity index (χ0n) is 12.3. The van der Waals surface area contributed by atoms with Crippen molar-refractivity contribution in [2.45, 2.75) is 26.7 Å². The lowest BCUT2D eigenvalue weighted by Gasteiger charge is -2.09. The highest BCUT2D eigenvalue weighted by Crippen LogP contribution is 2.43. The Morgan fingerprint density at radius 2 is 2.05 bits per heavy atom. The molecule has 21 heavy (non-hydrogen) atoms. The molecule has 0 unspecified atom stereocenters. The fourth-order valence-electron chi connectivity index (χ4n) is 2.22. The van der Waals surface area contributed by atoms with Gasteiger partial charge in [-0.3, -0.25) is 0 Å². The summed E-state index contributed by atoms with van der Waals surface area (Å²) in [4.78, 5) is 13.0. The van der Waals surface area contributed by atoms with E-state index in [9.17, 15) is 9.18 Å². The zero-order valence-corrected chi connectivity index (χ0v) is 13.1. The Kier molecular flexibility index (Phi) is 4.63. The third-order valence-electron chi connectivity index (χ3n) is 3.14. The third kappa shape index (κ3) is 2.93. The van der Waals surface area contributed by atoms with Gasteiger partial charge in [-0.15, -0.1) is 11.3 Å². The number of hydrogen-bond acceptors (Lipinski definition) is 4. The highest BCUT2D eigenvalue weighted by molar-refractivity contribution is 7.18. The molecule has 1 heterocycles. The first-order valence-electron chi connectivity index (χ1n) is 6.81. The summed E-state index contributed by atoms with van der Waals surface area (Å²) in [5.41, 5.74) is 7.77. The summed E-state index contributed by atoms with van der Waals surface area (Å²) >= 11 is 1.19. The van der Waals surface area contributed by atoms with Crippen LogP contribution in [-0.2, 0) is 4.74 Å². The molecule has 2 aromatic rings. The SMILES string of the molecule is CCOC(=O)c1sc(-c2ccccc2F)c(C(C)C)c1N. The summed E-state index contributed by atoms with van der Waals surface area (Å²) in [6.07, 6.45) is 0. The number of nitrogens with two attached hydrogens (primary N) is 1. The molecule has 5 heteroatoms. The van der Waals surface area contributed by atoms with Crippen LogP contribution in [0.15, 0.2) is 24.3 Å². The van der Waals surface area contributed by atoms with Gasteiger partial charge in [-0.1, -0.05) is 32.0 Å². The van der Waals surface area contributed by atoms with E-state index in [1.54, 1.807) is 25.1 Å². The van der Waals surface area contributed by atoms with Gasteiger partial charge < -0.3 is 10.5 Å². The molecule has 3 nitrogen and oxygen atoms in total. The van der Waals surface area contributed by atoms with E-state index >= 15 is 0 Å². The summed E-state index contributed by atoms with van der Waals surface area (Å²) in [6.45, 7) is 5.96. The first-order chi connectivity index (χ1) is 9.97. The summed E-state index contributed by atoms with van der Waals surface area (Å²) < 4.78 is 19.1. The van der Waals surface area contributed by atoms with Crippen LogP contribution in [0.2, 0.25) is 0 Å². The van der Waals surface area contributed by atoms with E-state index in [-0.39, 0.29) is 18.3 Å². The number of halogens is 1. The Hall–Kier alpha value is -1.88. The van der Waals surface area contributed by atoms with Gasteiger partial charge >= 0.3 is 5.97 Å². The second-order valence-electron chi connectivity index (χ2n) is 4.94. The molecular weight excluding hydrogens is 289 g/mol. The normalized spacial score (nSPS) is 10.9. The van der Waals surface area contributed by atoms with Gasteiger partial charge in [0.05, 0.1) is 12.3 Å². The molecule has 2 rings (SSSR count). The average molecular weight is 307 g/mol. The van der Waals surface area contributed by atoms with Gasteiger partial charge in [-0.25, -0.2) is 9.18 Å². The standard InChI is InChI=1S/C16H18FNO2S/c1-4-20-16(19)15-13(18)12(9(2)3)14(21-15)10-7-5-6-8-11(10)17/h5-9H,4,18H2,1-3H3. The summed E-state index contributed by atoms with van der Waals surface area (Å²) in [6, 6.07) is 6.50. The molecule has 0 amide bonds. The Morgan fingerprint density at radius 1 is 1.38 bits per heavy atom. The van der Waals surface area contributed by atoms with E-state index < -0.39 is 5.97 Å². The van der Waals surface area contributed by atoms with Crippen LogP contribution >= 0.6 is 11.3 Å². The highest BCUT2D eigenvalue weighted by atomic mass is 32.1. The van der Waals surface area contributed by atoms with Crippen LogP contribution in [0, 0.1) is 5.82 Å². The molecule has 0 aliphatic heterocycles. The minimum Gasteiger partial charge on any atom is -0.462 e. The summed E-state index contributed by atoms with van der Waals surface area (Å²) in [5.74, 6) is -0.695. The maximum absolute atomic E-state index is 14.1. The van der Waals surface area contributed by atoms with Gasteiger partial charge in [0.2, 0.25) is 0 Å². The number of hydrogen-bond donors (Lipinski definition) is 1. The number of carbonyl (C=O) groups is 1. The average Bonchev–Trinajstić information content (AvgIpc) is 2.77. The van der Waals surface area contributed by atoms with Crippen molar-refractivity contribution >= 4 is 23.0 Å². The quantitative estimate of drug-likeness (QED) is 0.850. The largest absolute Gasteiger partial charge is 0.462 e. The summed E-state index contributed by atoms with van der Waals surface area (Å²) in [7, 11) is 0. The molecule has 0 bridgehead atoms. The van der Waals surface area contributed by atoms with Crippen LogP contribution < -0.4 is 5.73 Å². The van der Waals surface area contributed by atoms with Gasteiger partial charge in [0, 0.05) is 10.4 Å². The Morgan fingerprint density at radius 3 is 2.62 bits per heavy atom. The highest BCUT2D eigenvalue weighted by Gasteiger charge is 2.25. The fourth-order valence-corrected chi connectivity index (χ4v) is 3.52. The van der Waals surface area contributed by atoms with Crippen molar-refractivity contribution in [3.63, 3.8) is 0 Å². The third-order valence-corrected chi connectivity index (χ3v) is 4.37. The molecular formula is C16H18FNO2S. The van der Waals surface area contributed by atoms with Crippen LogP contribution in [0.25, 0.3) is 10.4 Å². The minimum absolute atomic E-state index is 0.0824. The monoisotopic (exact) mass is 307 g/mol. The molecule has 0 radical (unpaired) electrons. The van der Waals surface area contributed by atoms with Gasteiger partial charge in [0.15, 0.2) is 0 Å². The number of rotatable bonds is 4. The van der Waals surface area contributed by atoms with Gasteiger partial charge in [-0.05, 0) is 24.5 Å². The molecule has 0 saturated heterocycles. The summed E-state index contributed by atoms with van der Waals surface area (Å²) in [5, 5.41) is 0. The Bertz CT molecular complexity index is 664. The van der Waals surface area contributed by atoms with Gasteiger partial charge in [0.1, 0.15) is 10.7 Å². The lowest BCUT2D eigenvalue weighted by Crippen LogP contribution is -2.06. The van der Waals surface area contributed by atoms with Crippen molar-refractivity contribution in [1.29, 1.82) is 0 Å². The number of thiophene rings is 1. The topological polar surface area (TPSA) is 52.3 Å². The lowest BCUT2D eigenvalue weighted by atomic mass is 9.98. The number of anilines is 1. The van der Waals surface area contributed by atoms with Crippen molar-refractivity contribution < 1.29 is 13.9 Å². The molecule has 0 aliphatic rings. The van der Waals surface area contributed by atoms with E-state index in [1.165, 1.54) is 17.4 Å². The van der Waals surface area contributed by atoms with E-state index in [0.29, 0.717) is 21.0 Å². The molecule has 112 valence electrons. The number of benzene rings is 1. The second kappa shape index (κ2) is 6.26. The first-order valence-corrected chi connectivity index (χ1v) is 7.63. The zero-order chi connectivity index (χ0) is 15.6. The van der Waals surface area contributed by atoms with Crippen LogP contribution in [0.3, 0.4) is 0 Å². The maximum atomic E-state index is 14.1. The van der Waals surface area contributed by atoms with Crippen LogP contribution in [0.5, 0.6) is 0 Å². The minimum atomic E-state index is -0.454. The van der Waals surface area contributed by atoms with Crippen molar-refractivity contribution in [3.8, 4) is 10.4 Å². The molecule has 0 saturated carbocycles. The molecule has 0 atom stereocenters. The first kappa shape index (κ1) is 15.5. The predicted molar refractivity (Wildman–Crippen MR) is 84.2 cm³/mol. The van der Waals surface area contributed by atoms with E-state index in [0.717, 1.165) is 5.56 Å². The molecule has 0 aliphatic carbocycles. The smallest absolute Gasteiger partial charge is 0.350 e. The van der Waals surface area contributed by atoms with E-state index in [4.69, 9.17) is 10.5 Å². The van der Waals surface area contributed by atoms with Gasteiger partial charge in [0.25, 0.3) is 0 Å². The predicted octanol–water partition coefficient (Wildman–Crippen LogP) is 4.44. The molecule has 2 N–H and O–H groups in total. The number of carbonyl (C=O) groups excluding carboxylic acids is 1. The number of nitrogen functional groups attached to an aromatic ring is 1. The molecule has 0 spiro atoms. The van der Waals surface area contributed by atoms with Crippen molar-refractivity contribution in [2.24, 2.45) is 0 Å². The van der Waals surface area contributed by atoms with Gasteiger partial charge in [-0.2, -0.15) is 0 Å². The van der Waals surface area contributed by atoms with Crippen LogP contribution in [0.1, 0.15) is 41.9 Å². The van der Waals surface area contributed by atoms with Crippen molar-refractivity contribution in [1.82, 2.24) is 0 Å². The van der Waals surface area contributed by atoms with Crippen LogP contribution in [-0.4, -0.2) is 12.6 Å². The second-order valence-corrected chi connectivity index (χ2v) is 5.96. The fraction of sp³-hybridized carbons (Fsp3) is 0.312. The number of ether oxygens (including phenoxy) is 1. The van der Waals surface area contributed by atoms with Crippen molar-refractivity contribution in [3.05, 3.63) is 40.5 Å².